The number of thiocarbonyl (C=S) groups is 1. The quantitative estimate of drug-likeness (QED) is 0.243. The normalized spacial score (nSPS) is 25.9. The highest BCUT2D eigenvalue weighted by atomic mass is 32.1. The number of phenolic OH excluding ortho intramolecular Hbond substituents is 1. The fourth-order valence-electron chi connectivity index (χ4n) is 6.18. The predicted molar refractivity (Wildman–Crippen MR) is 149 cm³/mol. The summed E-state index contributed by atoms with van der Waals surface area (Å²) in [5.41, 5.74) is 6.63. The van der Waals surface area contributed by atoms with Crippen LogP contribution in [0.4, 0.5) is 0 Å². The summed E-state index contributed by atoms with van der Waals surface area (Å²) in [7, 11) is 0. The van der Waals surface area contributed by atoms with E-state index in [2.05, 4.69) is 68.6 Å². The number of hydrogen-bond acceptors (Lipinski definition) is 2. The molecule has 2 bridgehead atoms. The maximum atomic E-state index is 9.92. The van der Waals surface area contributed by atoms with Crippen LogP contribution in [0.15, 0.2) is 60.2 Å². The Hall–Kier alpha value is -2.39. The summed E-state index contributed by atoms with van der Waals surface area (Å²) in [4.78, 5) is 0.793. The van der Waals surface area contributed by atoms with Gasteiger partial charge in [0.25, 0.3) is 0 Å². The van der Waals surface area contributed by atoms with Crippen molar-refractivity contribution in [2.45, 2.75) is 59.3 Å². The molecule has 3 heteroatoms. The van der Waals surface area contributed by atoms with Gasteiger partial charge in [-0.3, -0.25) is 0 Å². The van der Waals surface area contributed by atoms with Crippen LogP contribution in [0.5, 0.6) is 5.75 Å². The molecule has 4 unspecified atom stereocenters. The lowest BCUT2D eigenvalue weighted by Crippen LogP contribution is -2.32. The van der Waals surface area contributed by atoms with E-state index in [1.54, 1.807) is 5.57 Å². The topological polar surface area (TPSA) is 32.3 Å². The van der Waals surface area contributed by atoms with Crippen LogP contribution in [0.2, 0.25) is 0 Å². The Morgan fingerprint density at radius 2 is 1.65 bits per heavy atom. The van der Waals surface area contributed by atoms with Crippen molar-refractivity contribution >= 4 is 28.9 Å². The molecule has 0 heterocycles. The number of fused-ring (bicyclic) bond motifs is 2. The highest BCUT2D eigenvalue weighted by molar-refractivity contribution is 7.80. The van der Waals surface area contributed by atoms with Crippen molar-refractivity contribution in [2.24, 2.45) is 23.7 Å². The van der Waals surface area contributed by atoms with Gasteiger partial charge >= 0.3 is 0 Å². The lowest BCUT2D eigenvalue weighted by Gasteiger charge is -2.44. The first-order valence-electron chi connectivity index (χ1n) is 13.0. The lowest BCUT2D eigenvalue weighted by molar-refractivity contribution is 0.163. The summed E-state index contributed by atoms with van der Waals surface area (Å²) in [5, 5.41) is 13.2. The molecule has 2 saturated carbocycles. The molecule has 0 aliphatic heterocycles. The molecular formula is C31H39NOS. The van der Waals surface area contributed by atoms with E-state index in [0.29, 0.717) is 17.6 Å². The van der Waals surface area contributed by atoms with Gasteiger partial charge in [0.15, 0.2) is 0 Å². The van der Waals surface area contributed by atoms with Crippen molar-refractivity contribution in [2.75, 3.05) is 6.54 Å². The molecule has 0 amide bonds. The number of aromatic hydroxyl groups is 1. The summed E-state index contributed by atoms with van der Waals surface area (Å²) >= 11 is 5.43. The molecule has 4 atom stereocenters. The first-order chi connectivity index (χ1) is 16.4. The average molecular weight is 474 g/mol. The van der Waals surface area contributed by atoms with Crippen LogP contribution in [0.25, 0.3) is 11.6 Å². The average Bonchev–Trinajstić information content (AvgIpc) is 2.81. The number of rotatable bonds is 7. The third-order valence-electron chi connectivity index (χ3n) is 7.60. The fourth-order valence-corrected chi connectivity index (χ4v) is 6.35. The number of benzene rings is 2. The third-order valence-corrected chi connectivity index (χ3v) is 7.88. The summed E-state index contributed by atoms with van der Waals surface area (Å²) < 4.78 is 0. The number of nitrogens with one attached hydrogen (secondary N) is 1. The fraction of sp³-hybridized carbons (Fsp3) is 0.452. The van der Waals surface area contributed by atoms with Gasteiger partial charge < -0.3 is 10.4 Å². The Bertz CT molecular complexity index is 1030. The van der Waals surface area contributed by atoms with Crippen LogP contribution in [0, 0.1) is 23.7 Å². The molecule has 2 aromatic rings. The van der Waals surface area contributed by atoms with Gasteiger partial charge in [0, 0.05) is 6.54 Å². The lowest BCUT2D eigenvalue weighted by atomic mass is 9.61. The Balaban J connectivity index is 1.66. The van der Waals surface area contributed by atoms with Gasteiger partial charge in [0.05, 0.1) is 4.99 Å². The van der Waals surface area contributed by atoms with Crippen LogP contribution >= 0.6 is 12.2 Å². The smallest absolute Gasteiger partial charge is 0.115 e. The molecule has 2 aliphatic rings. The van der Waals surface area contributed by atoms with Gasteiger partial charge in [-0.15, -0.1) is 0 Å². The summed E-state index contributed by atoms with van der Waals surface area (Å²) in [6, 6.07) is 16.7. The Labute approximate surface area is 211 Å². The first-order valence-corrected chi connectivity index (χ1v) is 13.4. The van der Waals surface area contributed by atoms with Crippen molar-refractivity contribution in [3.05, 3.63) is 76.9 Å². The van der Waals surface area contributed by atoms with E-state index in [-0.39, 0.29) is 0 Å². The monoisotopic (exact) mass is 473 g/mol. The molecule has 2 N–H and O–H groups in total. The molecule has 2 aromatic carbocycles. The largest absolute Gasteiger partial charge is 0.508 e. The predicted octanol–water partition coefficient (Wildman–Crippen LogP) is 8.02. The highest BCUT2D eigenvalue weighted by Crippen LogP contribution is 2.51. The summed E-state index contributed by atoms with van der Waals surface area (Å²) in [6.07, 6.45) is 11.7. The van der Waals surface area contributed by atoms with E-state index in [1.807, 2.05) is 18.2 Å². The van der Waals surface area contributed by atoms with Crippen molar-refractivity contribution < 1.29 is 5.11 Å². The zero-order chi connectivity index (χ0) is 24.1. The second-order valence-corrected chi connectivity index (χ2v) is 10.9. The molecule has 0 saturated heterocycles. The maximum absolute atomic E-state index is 9.92. The van der Waals surface area contributed by atoms with Crippen LogP contribution in [-0.2, 0) is 0 Å². The highest BCUT2D eigenvalue weighted by Gasteiger charge is 2.38. The third kappa shape index (κ3) is 5.99. The van der Waals surface area contributed by atoms with Crippen LogP contribution in [0.1, 0.15) is 76.0 Å². The Kier molecular flexibility index (Phi) is 8.26. The Morgan fingerprint density at radius 1 is 0.971 bits per heavy atom. The molecular weight excluding hydrogens is 434 g/mol. The molecule has 34 heavy (non-hydrogen) atoms. The van der Waals surface area contributed by atoms with E-state index >= 15 is 0 Å². The minimum Gasteiger partial charge on any atom is -0.508 e. The number of allylic oxidation sites excluding steroid dienone is 1. The molecule has 0 aromatic heterocycles. The minimum atomic E-state index is 0.320. The number of phenols is 1. The molecule has 2 nitrogen and oxygen atoms in total. The second kappa shape index (κ2) is 11.4. The van der Waals surface area contributed by atoms with Crippen LogP contribution < -0.4 is 5.32 Å². The summed E-state index contributed by atoms with van der Waals surface area (Å²) in [5.74, 6) is 3.24. The zero-order valence-corrected chi connectivity index (χ0v) is 21.7. The van der Waals surface area contributed by atoms with Crippen molar-refractivity contribution in [1.29, 1.82) is 0 Å². The molecule has 4 rings (SSSR count). The van der Waals surface area contributed by atoms with Crippen LogP contribution in [0.3, 0.4) is 0 Å². The van der Waals surface area contributed by atoms with E-state index in [1.165, 1.54) is 48.8 Å². The van der Waals surface area contributed by atoms with Gasteiger partial charge in [-0.2, -0.15) is 0 Å². The number of hydrogen-bond donors (Lipinski definition) is 2. The molecule has 180 valence electrons. The van der Waals surface area contributed by atoms with Gasteiger partial charge in [0.1, 0.15) is 5.75 Å². The first kappa shape index (κ1) is 24.7. The van der Waals surface area contributed by atoms with Gasteiger partial charge in [-0.1, -0.05) is 87.5 Å². The van der Waals surface area contributed by atoms with E-state index < -0.39 is 0 Å². The van der Waals surface area contributed by atoms with Crippen molar-refractivity contribution in [3.63, 3.8) is 0 Å². The van der Waals surface area contributed by atoms with E-state index in [9.17, 15) is 5.11 Å². The summed E-state index contributed by atoms with van der Waals surface area (Å²) in [6.45, 7) is 7.97. The SMILES string of the molecule is CCCCNC(=S)/C=C/c1ccc(/C(=C2/C(C)CC3CC(C)CC2C3)c2ccc(O)cc2)cc1. The second-order valence-electron chi connectivity index (χ2n) is 10.5. The van der Waals surface area contributed by atoms with E-state index in [0.717, 1.165) is 35.4 Å². The zero-order valence-electron chi connectivity index (χ0n) is 20.9. The minimum absolute atomic E-state index is 0.320. The molecule has 0 spiro atoms. The molecule has 2 aliphatic carbocycles. The van der Waals surface area contributed by atoms with Gasteiger partial charge in [-0.05, 0) is 96.2 Å². The molecule has 0 radical (unpaired) electrons. The van der Waals surface area contributed by atoms with Gasteiger partial charge in [0.2, 0.25) is 0 Å². The van der Waals surface area contributed by atoms with Crippen molar-refractivity contribution in [1.82, 2.24) is 5.32 Å². The van der Waals surface area contributed by atoms with E-state index in [4.69, 9.17) is 12.2 Å². The standard InChI is InChI=1S/C31H39NOS/c1-4-5-16-32-29(34)15-8-23-6-9-25(10-7-23)31(26-11-13-28(33)14-12-26)30-22(3)19-24-17-21(2)18-27(30)20-24/h6-15,21-22,24,27,33H,4-5,16-20H2,1-3H3,(H,32,34)/b15-8+,31-30+. The molecule has 2 fully saturated rings. The Morgan fingerprint density at radius 3 is 2.32 bits per heavy atom. The van der Waals surface area contributed by atoms with Gasteiger partial charge in [-0.25, -0.2) is 0 Å². The van der Waals surface area contributed by atoms with Crippen LogP contribution in [-0.4, -0.2) is 16.6 Å². The van der Waals surface area contributed by atoms with Crippen molar-refractivity contribution in [3.8, 4) is 5.75 Å². The number of unbranched alkanes of at least 4 members (excludes halogenated alkanes) is 1. The maximum Gasteiger partial charge on any atom is 0.115 e.